The molecule has 1 aromatic carbocycles. The van der Waals surface area contributed by atoms with Crippen molar-refractivity contribution in [3.63, 3.8) is 0 Å². The van der Waals surface area contributed by atoms with E-state index in [0.717, 1.165) is 47.9 Å². The predicted octanol–water partition coefficient (Wildman–Crippen LogP) is 4.85. The number of piperazine rings is 1. The Balaban J connectivity index is 1.18. The van der Waals surface area contributed by atoms with E-state index < -0.39 is 0 Å². The lowest BCUT2D eigenvalue weighted by Crippen LogP contribution is -2.50. The van der Waals surface area contributed by atoms with Crippen molar-refractivity contribution in [2.75, 3.05) is 60.9 Å². The van der Waals surface area contributed by atoms with E-state index in [0.29, 0.717) is 36.2 Å². The van der Waals surface area contributed by atoms with Gasteiger partial charge in [0.25, 0.3) is 0 Å². The molecule has 2 aliphatic heterocycles. The molecule has 0 bridgehead atoms. The minimum atomic E-state index is 0.0425. The molecule has 0 radical (unpaired) electrons. The van der Waals surface area contributed by atoms with Gasteiger partial charge in [-0.2, -0.15) is 0 Å². The van der Waals surface area contributed by atoms with E-state index in [4.69, 9.17) is 28.2 Å². The second kappa shape index (κ2) is 10.3. The zero-order valence-electron chi connectivity index (χ0n) is 21.2. The van der Waals surface area contributed by atoms with Crippen LogP contribution in [-0.4, -0.2) is 71.0 Å². The Kier molecular flexibility index (Phi) is 6.76. The molecule has 6 rings (SSSR count). The summed E-state index contributed by atoms with van der Waals surface area (Å²) in [6.07, 6.45) is 6.20. The molecule has 0 aliphatic carbocycles. The summed E-state index contributed by atoms with van der Waals surface area (Å²) in [7, 11) is 0. The molecule has 8 nitrogen and oxygen atoms in total. The number of anilines is 3. The van der Waals surface area contributed by atoms with Gasteiger partial charge in [-0.1, -0.05) is 35.3 Å². The molecule has 38 heavy (non-hydrogen) atoms. The van der Waals surface area contributed by atoms with Crippen LogP contribution in [0.15, 0.2) is 55.0 Å². The topological polar surface area (TPSA) is 69.0 Å². The van der Waals surface area contributed by atoms with E-state index in [1.54, 1.807) is 12.4 Å². The molecule has 0 unspecified atom stereocenters. The van der Waals surface area contributed by atoms with Crippen molar-refractivity contribution in [3.05, 3.63) is 70.6 Å². The summed E-state index contributed by atoms with van der Waals surface area (Å²) < 4.78 is 2.01. The van der Waals surface area contributed by atoms with Crippen molar-refractivity contribution >= 4 is 51.9 Å². The highest BCUT2D eigenvalue weighted by Crippen LogP contribution is 2.35. The van der Waals surface area contributed by atoms with E-state index in [2.05, 4.69) is 45.2 Å². The number of fused-ring (bicyclic) bond motifs is 2. The average Bonchev–Trinajstić information content (AvgIpc) is 3.52. The quantitative estimate of drug-likeness (QED) is 0.371. The number of aromatic nitrogens is 3. The number of benzene rings is 1. The summed E-state index contributed by atoms with van der Waals surface area (Å²) in [6, 6.07) is 12.5. The van der Waals surface area contributed by atoms with Crippen LogP contribution in [0.1, 0.15) is 12.5 Å². The monoisotopic (exact) mass is 549 g/mol. The third-order valence-electron chi connectivity index (χ3n) is 7.44. The van der Waals surface area contributed by atoms with E-state index in [1.807, 2.05) is 33.7 Å². The summed E-state index contributed by atoms with van der Waals surface area (Å²) in [6.45, 7) is 6.91. The standard InChI is InChI=1S/C28H29Cl2N7O/c1-2-34-10-8-19-15-20(6-7-23(19)34)26-28(37-9-4-3-5-24(37)33-26)32-18-25(38)35-11-13-36(14-12-35)27-21(29)16-31-17-22(27)30/h3-7,9,15-17,32H,2,8,10-14,18H2,1H3. The molecule has 0 atom stereocenters. The average molecular weight is 550 g/mol. The molecule has 1 saturated heterocycles. The Bertz CT molecular complexity index is 1480. The van der Waals surface area contributed by atoms with Crippen LogP contribution >= 0.6 is 23.2 Å². The summed E-state index contributed by atoms with van der Waals surface area (Å²) in [5.41, 5.74) is 6.18. The third kappa shape index (κ3) is 4.52. The van der Waals surface area contributed by atoms with E-state index in [9.17, 15) is 4.79 Å². The lowest BCUT2D eigenvalue weighted by Gasteiger charge is -2.36. The number of hydrogen-bond acceptors (Lipinski definition) is 6. The van der Waals surface area contributed by atoms with Gasteiger partial charge in [-0.05, 0) is 43.2 Å². The van der Waals surface area contributed by atoms with Gasteiger partial charge in [0.2, 0.25) is 5.91 Å². The van der Waals surface area contributed by atoms with Gasteiger partial charge in [-0.25, -0.2) is 4.98 Å². The van der Waals surface area contributed by atoms with Crippen molar-refractivity contribution in [2.45, 2.75) is 13.3 Å². The summed E-state index contributed by atoms with van der Waals surface area (Å²) in [5.74, 6) is 0.870. The highest BCUT2D eigenvalue weighted by molar-refractivity contribution is 6.38. The minimum Gasteiger partial charge on any atom is -0.371 e. The highest BCUT2D eigenvalue weighted by Gasteiger charge is 2.25. The van der Waals surface area contributed by atoms with Crippen molar-refractivity contribution in [1.29, 1.82) is 0 Å². The number of hydrogen-bond donors (Lipinski definition) is 1. The maximum atomic E-state index is 13.2. The molecule has 10 heteroatoms. The van der Waals surface area contributed by atoms with Gasteiger partial charge >= 0.3 is 0 Å². The molecule has 1 amide bonds. The number of rotatable bonds is 6. The molecular weight excluding hydrogens is 521 g/mol. The van der Waals surface area contributed by atoms with E-state index in [-0.39, 0.29) is 12.5 Å². The SMILES string of the molecule is CCN1CCc2cc(-c3nc4ccccn4c3NCC(=O)N3CCN(c4c(Cl)cncc4Cl)CC3)ccc21. The van der Waals surface area contributed by atoms with Crippen LogP contribution in [0.5, 0.6) is 0 Å². The Morgan fingerprint density at radius 3 is 2.58 bits per heavy atom. The number of pyridine rings is 2. The zero-order valence-corrected chi connectivity index (χ0v) is 22.7. The van der Waals surface area contributed by atoms with Crippen LogP contribution in [0.4, 0.5) is 17.2 Å². The lowest BCUT2D eigenvalue weighted by atomic mass is 10.1. The zero-order chi connectivity index (χ0) is 26.2. The molecule has 1 N–H and O–H groups in total. The van der Waals surface area contributed by atoms with E-state index >= 15 is 0 Å². The number of nitrogens with zero attached hydrogens (tertiary/aromatic N) is 6. The van der Waals surface area contributed by atoms with Crippen molar-refractivity contribution in [2.24, 2.45) is 0 Å². The van der Waals surface area contributed by atoms with Gasteiger partial charge in [-0.3, -0.25) is 14.2 Å². The number of amides is 1. The molecule has 5 heterocycles. The van der Waals surface area contributed by atoms with Crippen molar-refractivity contribution in [1.82, 2.24) is 19.3 Å². The number of imidazole rings is 1. The molecule has 2 aliphatic rings. The number of likely N-dealkylation sites (N-methyl/N-ethyl adjacent to an activating group) is 1. The smallest absolute Gasteiger partial charge is 0.242 e. The maximum absolute atomic E-state index is 13.2. The van der Waals surface area contributed by atoms with Crippen LogP contribution in [0.2, 0.25) is 10.0 Å². The molecule has 4 aromatic rings. The first-order chi connectivity index (χ1) is 18.5. The fourth-order valence-electron chi connectivity index (χ4n) is 5.47. The number of carbonyl (C=O) groups excluding carboxylic acids is 1. The Morgan fingerprint density at radius 2 is 1.82 bits per heavy atom. The number of carbonyl (C=O) groups is 1. The molecule has 0 spiro atoms. The van der Waals surface area contributed by atoms with Crippen LogP contribution in [0.3, 0.4) is 0 Å². The molecule has 1 fully saturated rings. The normalized spacial score (nSPS) is 15.3. The van der Waals surface area contributed by atoms with Crippen LogP contribution in [-0.2, 0) is 11.2 Å². The lowest BCUT2D eigenvalue weighted by molar-refractivity contribution is -0.129. The second-order valence-electron chi connectivity index (χ2n) is 9.58. The Labute approximate surface area is 231 Å². The van der Waals surface area contributed by atoms with Crippen molar-refractivity contribution < 1.29 is 4.79 Å². The molecule has 196 valence electrons. The van der Waals surface area contributed by atoms with Gasteiger partial charge < -0.3 is 20.0 Å². The van der Waals surface area contributed by atoms with Gasteiger partial charge in [0.1, 0.15) is 17.2 Å². The fraction of sp³-hybridized carbons (Fsp3) is 0.321. The largest absolute Gasteiger partial charge is 0.371 e. The first-order valence-electron chi connectivity index (χ1n) is 12.9. The van der Waals surface area contributed by atoms with Crippen molar-refractivity contribution in [3.8, 4) is 11.3 Å². The van der Waals surface area contributed by atoms with E-state index in [1.165, 1.54) is 11.3 Å². The summed E-state index contributed by atoms with van der Waals surface area (Å²) in [4.78, 5) is 28.6. The number of nitrogens with one attached hydrogen (secondary N) is 1. The minimum absolute atomic E-state index is 0.0425. The fourth-order valence-corrected chi connectivity index (χ4v) is 6.07. The predicted molar refractivity (Wildman–Crippen MR) is 154 cm³/mol. The highest BCUT2D eigenvalue weighted by atomic mass is 35.5. The van der Waals surface area contributed by atoms with Crippen LogP contribution < -0.4 is 15.1 Å². The Morgan fingerprint density at radius 1 is 1.03 bits per heavy atom. The summed E-state index contributed by atoms with van der Waals surface area (Å²) >= 11 is 12.7. The first kappa shape index (κ1) is 24.8. The van der Waals surface area contributed by atoms with Gasteiger partial charge in [0.05, 0.1) is 22.3 Å². The summed E-state index contributed by atoms with van der Waals surface area (Å²) in [5, 5.41) is 4.46. The molecule has 3 aromatic heterocycles. The maximum Gasteiger partial charge on any atom is 0.242 e. The third-order valence-corrected chi connectivity index (χ3v) is 7.99. The first-order valence-corrected chi connectivity index (χ1v) is 13.7. The number of halogens is 2. The molecular formula is C28H29Cl2N7O. The van der Waals surface area contributed by atoms with Gasteiger partial charge in [0.15, 0.2) is 0 Å². The Hall–Kier alpha value is -3.49. The van der Waals surface area contributed by atoms with Crippen LogP contribution in [0, 0.1) is 0 Å². The molecule has 0 saturated carbocycles. The van der Waals surface area contributed by atoms with Gasteiger partial charge in [0, 0.05) is 69.1 Å². The van der Waals surface area contributed by atoms with Crippen LogP contribution in [0.25, 0.3) is 16.9 Å². The second-order valence-corrected chi connectivity index (χ2v) is 10.4. The van der Waals surface area contributed by atoms with Gasteiger partial charge in [-0.15, -0.1) is 0 Å².